The van der Waals surface area contributed by atoms with Crippen molar-refractivity contribution in [1.29, 1.82) is 0 Å². The molecule has 1 aliphatic carbocycles. The van der Waals surface area contributed by atoms with Gasteiger partial charge >= 0.3 is 7.12 Å². The van der Waals surface area contributed by atoms with Crippen molar-refractivity contribution in [2.75, 3.05) is 31.2 Å². The smallest absolute Gasteiger partial charge is 0.399 e. The van der Waals surface area contributed by atoms with E-state index in [2.05, 4.69) is 69.5 Å². The quantitative estimate of drug-likeness (QED) is 0.554. The van der Waals surface area contributed by atoms with E-state index < -0.39 is 23.7 Å². The zero-order chi connectivity index (χ0) is 26.8. The lowest BCUT2D eigenvalue weighted by atomic mass is 9.73. The maximum absolute atomic E-state index is 14.1. The van der Waals surface area contributed by atoms with Crippen LogP contribution in [0.15, 0.2) is 18.2 Å². The number of fused-ring (bicyclic) bond motifs is 2. The average molecular weight is 511 g/mol. The summed E-state index contributed by atoms with van der Waals surface area (Å²) in [6.45, 7) is 20.7. The van der Waals surface area contributed by atoms with Crippen molar-refractivity contribution in [3.63, 3.8) is 0 Å². The molecule has 0 aromatic heterocycles. The molecule has 3 saturated heterocycles. The fraction of sp³-hybridized carbons (Fsp3) is 0.767. The van der Waals surface area contributed by atoms with Crippen LogP contribution in [0.1, 0.15) is 93.1 Å². The number of benzene rings is 1. The number of carbonyl (C=O) groups is 1. The number of amides is 1. The van der Waals surface area contributed by atoms with Crippen molar-refractivity contribution in [3.05, 3.63) is 23.8 Å². The minimum atomic E-state index is -0.442. The van der Waals surface area contributed by atoms with Crippen LogP contribution in [0.5, 0.6) is 0 Å². The van der Waals surface area contributed by atoms with Crippen LogP contribution in [0, 0.1) is 5.41 Å². The van der Waals surface area contributed by atoms with Crippen LogP contribution in [0.2, 0.25) is 0 Å². The number of hydrogen-bond donors (Lipinski definition) is 0. The van der Waals surface area contributed by atoms with Gasteiger partial charge < -0.3 is 18.9 Å². The molecular formula is C30H47BN2O4. The van der Waals surface area contributed by atoms with E-state index in [0.29, 0.717) is 24.7 Å². The Labute approximate surface area is 224 Å². The van der Waals surface area contributed by atoms with Gasteiger partial charge in [-0.1, -0.05) is 39.8 Å². The van der Waals surface area contributed by atoms with Gasteiger partial charge in [-0.3, -0.25) is 9.69 Å². The molecule has 204 valence electrons. The van der Waals surface area contributed by atoms with Gasteiger partial charge in [0.25, 0.3) is 0 Å². The monoisotopic (exact) mass is 510 g/mol. The highest BCUT2D eigenvalue weighted by atomic mass is 16.7. The summed E-state index contributed by atoms with van der Waals surface area (Å²) in [5, 5.41) is 0. The molecule has 4 heterocycles. The second kappa shape index (κ2) is 9.36. The molecule has 6 nitrogen and oxygen atoms in total. The van der Waals surface area contributed by atoms with Crippen LogP contribution in [-0.2, 0) is 24.3 Å². The Morgan fingerprint density at radius 1 is 0.892 bits per heavy atom. The van der Waals surface area contributed by atoms with Gasteiger partial charge in [-0.15, -0.1) is 0 Å². The Morgan fingerprint density at radius 2 is 1.51 bits per heavy atom. The summed E-state index contributed by atoms with van der Waals surface area (Å²) >= 11 is 0. The molecular weight excluding hydrogens is 463 g/mol. The van der Waals surface area contributed by atoms with Gasteiger partial charge in [0.15, 0.2) is 0 Å². The lowest BCUT2D eigenvalue weighted by Gasteiger charge is -2.46. The molecule has 4 aliphatic heterocycles. The Balaban J connectivity index is 0.00000137. The highest BCUT2D eigenvalue weighted by molar-refractivity contribution is 6.62. The first kappa shape index (κ1) is 27.2. The van der Waals surface area contributed by atoms with E-state index >= 15 is 0 Å². The molecule has 1 amide bonds. The number of nitrogens with zero attached hydrogens (tertiary/aromatic N) is 2. The van der Waals surface area contributed by atoms with Crippen LogP contribution in [0.4, 0.5) is 5.69 Å². The summed E-state index contributed by atoms with van der Waals surface area (Å²) in [5.74, 6) is 0.284. The molecule has 6 rings (SSSR count). The molecule has 37 heavy (non-hydrogen) atoms. The number of hydrogen-bond acceptors (Lipinski definition) is 5. The summed E-state index contributed by atoms with van der Waals surface area (Å²) < 4.78 is 18.4. The fourth-order valence-corrected chi connectivity index (χ4v) is 6.83. The third kappa shape index (κ3) is 4.38. The van der Waals surface area contributed by atoms with E-state index in [-0.39, 0.29) is 11.9 Å². The van der Waals surface area contributed by atoms with Gasteiger partial charge in [0.1, 0.15) is 0 Å². The van der Waals surface area contributed by atoms with Gasteiger partial charge in [-0.2, -0.15) is 0 Å². The molecule has 1 saturated carbocycles. The van der Waals surface area contributed by atoms with Crippen LogP contribution >= 0.6 is 0 Å². The highest BCUT2D eigenvalue weighted by Gasteiger charge is 2.57. The van der Waals surface area contributed by atoms with Crippen molar-refractivity contribution in [2.45, 2.75) is 116 Å². The van der Waals surface area contributed by atoms with E-state index in [9.17, 15) is 4.79 Å². The first-order valence-electron chi connectivity index (χ1n) is 14.6. The molecule has 0 radical (unpaired) electrons. The van der Waals surface area contributed by atoms with Crippen molar-refractivity contribution in [1.82, 2.24) is 4.90 Å². The molecule has 4 fully saturated rings. The Hall–Kier alpha value is -1.41. The van der Waals surface area contributed by atoms with E-state index in [4.69, 9.17) is 14.0 Å². The minimum Gasteiger partial charge on any atom is -0.399 e. The summed E-state index contributed by atoms with van der Waals surface area (Å²) in [6, 6.07) is 7.34. The van der Waals surface area contributed by atoms with Crippen molar-refractivity contribution >= 4 is 24.2 Å². The van der Waals surface area contributed by atoms with Gasteiger partial charge in [-0.25, -0.2) is 0 Å². The highest BCUT2D eigenvalue weighted by Crippen LogP contribution is 2.51. The fourth-order valence-electron chi connectivity index (χ4n) is 6.83. The first-order chi connectivity index (χ1) is 17.4. The van der Waals surface area contributed by atoms with Gasteiger partial charge in [-0.05, 0) is 88.9 Å². The third-order valence-electron chi connectivity index (χ3n) is 9.97. The minimum absolute atomic E-state index is 0.269. The Kier molecular flexibility index (Phi) is 6.87. The molecule has 5 aliphatic rings. The lowest BCUT2D eigenvalue weighted by Crippen LogP contribution is -2.57. The molecule has 0 bridgehead atoms. The predicted octanol–water partition coefficient (Wildman–Crippen LogP) is 4.67. The molecule has 1 aromatic rings. The molecule has 1 spiro atoms. The zero-order valence-electron chi connectivity index (χ0n) is 24.4. The first-order valence-corrected chi connectivity index (χ1v) is 14.6. The van der Waals surface area contributed by atoms with Gasteiger partial charge in [0.2, 0.25) is 5.91 Å². The van der Waals surface area contributed by atoms with Crippen molar-refractivity contribution in [3.8, 4) is 0 Å². The van der Waals surface area contributed by atoms with Crippen LogP contribution in [-0.4, -0.2) is 67.5 Å². The molecule has 1 aromatic carbocycles. The second-order valence-corrected chi connectivity index (χ2v) is 13.4. The lowest BCUT2D eigenvalue weighted by molar-refractivity contribution is -0.127. The maximum Gasteiger partial charge on any atom is 0.494 e. The number of anilines is 1. The van der Waals surface area contributed by atoms with E-state index in [1.165, 1.54) is 25.1 Å². The predicted molar refractivity (Wildman–Crippen MR) is 150 cm³/mol. The second-order valence-electron chi connectivity index (χ2n) is 13.4. The summed E-state index contributed by atoms with van der Waals surface area (Å²) in [4.78, 5) is 19.0. The zero-order valence-corrected chi connectivity index (χ0v) is 24.4. The largest absolute Gasteiger partial charge is 0.494 e. The number of rotatable bonds is 3. The molecule has 7 heteroatoms. The van der Waals surface area contributed by atoms with Crippen LogP contribution < -0.4 is 10.4 Å². The summed E-state index contributed by atoms with van der Waals surface area (Å²) in [5.41, 5.74) is 2.44. The van der Waals surface area contributed by atoms with Crippen LogP contribution in [0.25, 0.3) is 0 Å². The van der Waals surface area contributed by atoms with Gasteiger partial charge in [0, 0.05) is 37.5 Å². The molecule has 0 atom stereocenters. The Bertz CT molecular complexity index is 1010. The van der Waals surface area contributed by atoms with Crippen molar-refractivity contribution < 1.29 is 18.8 Å². The van der Waals surface area contributed by atoms with Crippen LogP contribution in [0.3, 0.4) is 0 Å². The normalized spacial score (nSPS) is 31.2. The Morgan fingerprint density at radius 3 is 2.08 bits per heavy atom. The molecule has 0 N–H and O–H groups in total. The number of ether oxygens (including phenoxy) is 1. The van der Waals surface area contributed by atoms with Gasteiger partial charge in [0.05, 0.1) is 16.6 Å². The summed E-state index contributed by atoms with van der Waals surface area (Å²) in [6.07, 6.45) is 4.92. The number of likely N-dealkylation sites (tertiary alicyclic amines) is 1. The SMILES string of the molecule is CC.CC1(C)CCN(C2CC(N3C(=O)C4(CCOCC4)c4ccc(B5OC(C)(C)C(C)(C)O5)cc43)C2)C1. The topological polar surface area (TPSA) is 51.2 Å². The standard InChI is InChI=1S/C28H41BN2O4.C2H6/c1-25(2)9-12-30(18-25)20-16-21(17-20)31-23-15-19(29-34-26(3,4)27(5,6)35-29)7-8-22(23)28(24(31)32)10-13-33-14-11-28;1-2/h7-8,15,20-21H,9-14,16-18H2,1-6H3;1-2H3. The number of carbonyl (C=O) groups excluding carboxylic acids is 1. The molecule has 0 unspecified atom stereocenters. The maximum atomic E-state index is 14.1. The summed E-state index contributed by atoms with van der Waals surface area (Å²) in [7, 11) is -0.422. The average Bonchev–Trinajstić information content (AvgIpc) is 3.37. The van der Waals surface area contributed by atoms with E-state index in [1.54, 1.807) is 0 Å². The third-order valence-corrected chi connectivity index (χ3v) is 9.97. The van der Waals surface area contributed by atoms with E-state index in [1.807, 2.05) is 13.8 Å². The van der Waals surface area contributed by atoms with Crippen molar-refractivity contribution in [2.24, 2.45) is 5.41 Å². The van der Waals surface area contributed by atoms with E-state index in [0.717, 1.165) is 36.8 Å².